The van der Waals surface area contributed by atoms with Crippen molar-refractivity contribution in [3.05, 3.63) is 75.3 Å². The highest BCUT2D eigenvalue weighted by molar-refractivity contribution is 5.69. The predicted octanol–water partition coefficient (Wildman–Crippen LogP) is 3.56. The number of nitrogens with one attached hydrogen (secondary N) is 1. The second-order valence-corrected chi connectivity index (χ2v) is 6.26. The SMILES string of the molecule is COC(=O)CC[C@H](Cc1ccccc1)NCc1ccc(C)c([N+](=O)[O-])c1. The van der Waals surface area contributed by atoms with E-state index < -0.39 is 0 Å². The first-order chi connectivity index (χ1) is 12.5. The minimum atomic E-state index is -0.364. The lowest BCUT2D eigenvalue weighted by atomic mass is 10.0. The summed E-state index contributed by atoms with van der Waals surface area (Å²) >= 11 is 0. The zero-order chi connectivity index (χ0) is 18.9. The third-order valence-corrected chi connectivity index (χ3v) is 4.31. The minimum absolute atomic E-state index is 0.0665. The van der Waals surface area contributed by atoms with Crippen LogP contribution in [-0.4, -0.2) is 24.0 Å². The van der Waals surface area contributed by atoms with Crippen molar-refractivity contribution < 1.29 is 14.5 Å². The Hall–Kier alpha value is -2.73. The molecule has 0 saturated heterocycles. The highest BCUT2D eigenvalue weighted by atomic mass is 16.6. The lowest BCUT2D eigenvalue weighted by molar-refractivity contribution is -0.385. The van der Waals surface area contributed by atoms with Gasteiger partial charge in [-0.2, -0.15) is 0 Å². The topological polar surface area (TPSA) is 81.5 Å². The number of nitrogens with zero attached hydrogens (tertiary/aromatic N) is 1. The number of nitro benzene ring substituents is 1. The number of aryl methyl sites for hydroxylation is 1. The minimum Gasteiger partial charge on any atom is -0.469 e. The van der Waals surface area contributed by atoms with Crippen molar-refractivity contribution in [1.29, 1.82) is 0 Å². The number of carbonyl (C=O) groups is 1. The molecule has 0 aliphatic rings. The molecule has 26 heavy (non-hydrogen) atoms. The maximum atomic E-state index is 11.5. The molecule has 0 saturated carbocycles. The molecular weight excluding hydrogens is 332 g/mol. The van der Waals surface area contributed by atoms with E-state index in [1.54, 1.807) is 19.1 Å². The van der Waals surface area contributed by atoms with Crippen molar-refractivity contribution in [2.24, 2.45) is 0 Å². The number of methoxy groups -OCH3 is 1. The molecule has 138 valence electrons. The molecule has 0 aliphatic heterocycles. The summed E-state index contributed by atoms with van der Waals surface area (Å²) in [5, 5.41) is 14.5. The zero-order valence-corrected chi connectivity index (χ0v) is 15.1. The molecule has 0 aromatic heterocycles. The molecule has 0 unspecified atom stereocenters. The first-order valence-electron chi connectivity index (χ1n) is 8.57. The number of hydrogen-bond donors (Lipinski definition) is 1. The Morgan fingerprint density at radius 3 is 2.58 bits per heavy atom. The number of benzene rings is 2. The molecule has 0 amide bonds. The van der Waals surface area contributed by atoms with Crippen molar-refractivity contribution in [2.75, 3.05) is 7.11 Å². The summed E-state index contributed by atoms with van der Waals surface area (Å²) in [4.78, 5) is 22.2. The van der Waals surface area contributed by atoms with Crippen LogP contribution in [0.4, 0.5) is 5.69 Å². The van der Waals surface area contributed by atoms with Crippen LogP contribution < -0.4 is 5.32 Å². The zero-order valence-electron chi connectivity index (χ0n) is 15.1. The molecule has 2 aromatic carbocycles. The van der Waals surface area contributed by atoms with Gasteiger partial charge in [0.2, 0.25) is 0 Å². The van der Waals surface area contributed by atoms with Crippen LogP contribution in [0.3, 0.4) is 0 Å². The van der Waals surface area contributed by atoms with E-state index in [9.17, 15) is 14.9 Å². The summed E-state index contributed by atoms with van der Waals surface area (Å²) < 4.78 is 4.73. The predicted molar refractivity (Wildman–Crippen MR) is 99.9 cm³/mol. The Bertz CT molecular complexity index is 747. The fourth-order valence-corrected chi connectivity index (χ4v) is 2.79. The van der Waals surface area contributed by atoms with E-state index in [2.05, 4.69) is 5.32 Å². The van der Waals surface area contributed by atoms with Gasteiger partial charge in [0.25, 0.3) is 5.69 Å². The van der Waals surface area contributed by atoms with Gasteiger partial charge in [0.15, 0.2) is 0 Å². The molecule has 2 rings (SSSR count). The average Bonchev–Trinajstić information content (AvgIpc) is 2.65. The van der Waals surface area contributed by atoms with Crippen LogP contribution in [0, 0.1) is 17.0 Å². The van der Waals surface area contributed by atoms with Gasteiger partial charge in [-0.1, -0.05) is 42.5 Å². The molecule has 0 bridgehead atoms. The smallest absolute Gasteiger partial charge is 0.305 e. The number of ether oxygens (including phenoxy) is 1. The van der Waals surface area contributed by atoms with E-state index in [1.807, 2.05) is 36.4 Å². The summed E-state index contributed by atoms with van der Waals surface area (Å²) in [6.07, 6.45) is 1.73. The normalized spacial score (nSPS) is 11.8. The van der Waals surface area contributed by atoms with Gasteiger partial charge in [-0.15, -0.1) is 0 Å². The van der Waals surface area contributed by atoms with E-state index in [4.69, 9.17) is 4.74 Å². The largest absolute Gasteiger partial charge is 0.469 e. The summed E-state index contributed by atoms with van der Waals surface area (Å²) in [6.45, 7) is 2.23. The Morgan fingerprint density at radius 1 is 1.19 bits per heavy atom. The fourth-order valence-electron chi connectivity index (χ4n) is 2.79. The monoisotopic (exact) mass is 356 g/mol. The Balaban J connectivity index is 2.04. The molecule has 6 nitrogen and oxygen atoms in total. The number of rotatable bonds is 9. The van der Waals surface area contributed by atoms with Crippen LogP contribution in [0.25, 0.3) is 0 Å². The van der Waals surface area contributed by atoms with Crippen LogP contribution in [0.15, 0.2) is 48.5 Å². The van der Waals surface area contributed by atoms with Gasteiger partial charge in [-0.25, -0.2) is 0 Å². The van der Waals surface area contributed by atoms with E-state index in [1.165, 1.54) is 12.7 Å². The molecule has 0 heterocycles. The lowest BCUT2D eigenvalue weighted by Gasteiger charge is -2.19. The van der Waals surface area contributed by atoms with Gasteiger partial charge >= 0.3 is 5.97 Å². The summed E-state index contributed by atoms with van der Waals surface area (Å²) in [5.74, 6) is -0.240. The maximum Gasteiger partial charge on any atom is 0.305 e. The maximum absolute atomic E-state index is 11.5. The molecule has 6 heteroatoms. The number of esters is 1. The average molecular weight is 356 g/mol. The van der Waals surface area contributed by atoms with Gasteiger partial charge in [0, 0.05) is 30.6 Å². The first-order valence-corrected chi connectivity index (χ1v) is 8.57. The summed E-state index contributed by atoms with van der Waals surface area (Å²) in [5.41, 5.74) is 2.78. The van der Waals surface area contributed by atoms with Crippen LogP contribution in [-0.2, 0) is 22.5 Å². The van der Waals surface area contributed by atoms with Crippen LogP contribution in [0.2, 0.25) is 0 Å². The summed E-state index contributed by atoms with van der Waals surface area (Å²) in [7, 11) is 1.38. The first kappa shape index (κ1) is 19.6. The number of hydrogen-bond acceptors (Lipinski definition) is 5. The lowest BCUT2D eigenvalue weighted by Crippen LogP contribution is -2.31. The second kappa shape index (κ2) is 9.68. The quantitative estimate of drug-likeness (QED) is 0.422. The highest BCUT2D eigenvalue weighted by Gasteiger charge is 2.14. The van der Waals surface area contributed by atoms with Crippen molar-refractivity contribution in [1.82, 2.24) is 5.32 Å². The fraction of sp³-hybridized carbons (Fsp3) is 0.350. The van der Waals surface area contributed by atoms with Gasteiger partial charge < -0.3 is 10.1 Å². The second-order valence-electron chi connectivity index (χ2n) is 6.26. The standard InChI is InChI=1S/C20H24N2O4/c1-15-8-9-17(13-19(15)22(24)25)14-21-18(10-11-20(23)26-2)12-16-6-4-3-5-7-16/h3-9,13,18,21H,10-12,14H2,1-2H3/t18-/m1/s1. The molecule has 0 spiro atoms. The molecule has 2 aromatic rings. The molecule has 0 fully saturated rings. The van der Waals surface area contributed by atoms with E-state index in [-0.39, 0.29) is 22.6 Å². The molecule has 0 aliphatic carbocycles. The van der Waals surface area contributed by atoms with Crippen LogP contribution >= 0.6 is 0 Å². The molecule has 0 radical (unpaired) electrons. The van der Waals surface area contributed by atoms with Crippen molar-refractivity contribution >= 4 is 11.7 Å². The molecule has 1 N–H and O–H groups in total. The van der Waals surface area contributed by atoms with E-state index >= 15 is 0 Å². The van der Waals surface area contributed by atoms with Gasteiger partial charge in [0.1, 0.15) is 0 Å². The Labute approximate surface area is 153 Å². The van der Waals surface area contributed by atoms with Gasteiger partial charge in [0.05, 0.1) is 12.0 Å². The molecule has 1 atom stereocenters. The third kappa shape index (κ3) is 5.97. The van der Waals surface area contributed by atoms with Crippen LogP contribution in [0.5, 0.6) is 0 Å². The number of nitro groups is 1. The van der Waals surface area contributed by atoms with Crippen molar-refractivity contribution in [3.8, 4) is 0 Å². The third-order valence-electron chi connectivity index (χ3n) is 4.31. The highest BCUT2D eigenvalue weighted by Crippen LogP contribution is 2.19. The number of carbonyl (C=O) groups excluding carboxylic acids is 1. The van der Waals surface area contributed by atoms with Gasteiger partial charge in [-0.3, -0.25) is 14.9 Å². The Kier molecular flexibility index (Phi) is 7.29. The summed E-state index contributed by atoms with van der Waals surface area (Å²) in [6, 6.07) is 15.3. The Morgan fingerprint density at radius 2 is 1.92 bits per heavy atom. The van der Waals surface area contributed by atoms with E-state index in [0.717, 1.165) is 12.0 Å². The van der Waals surface area contributed by atoms with E-state index in [0.29, 0.717) is 24.9 Å². The molecular formula is C20H24N2O4. The van der Waals surface area contributed by atoms with Crippen molar-refractivity contribution in [2.45, 2.75) is 38.8 Å². The van der Waals surface area contributed by atoms with Crippen molar-refractivity contribution in [3.63, 3.8) is 0 Å². The van der Waals surface area contributed by atoms with Gasteiger partial charge in [-0.05, 0) is 30.9 Å². The van der Waals surface area contributed by atoms with Crippen LogP contribution in [0.1, 0.15) is 29.5 Å².